The van der Waals surface area contributed by atoms with Crippen LogP contribution in [0, 0.1) is 28.6 Å². The molecule has 4 aliphatic rings. The zero-order chi connectivity index (χ0) is 17.3. The van der Waals surface area contributed by atoms with Crippen molar-refractivity contribution < 1.29 is 14.7 Å². The van der Waals surface area contributed by atoms with E-state index in [4.69, 9.17) is 0 Å². The minimum Gasteiger partial charge on any atom is -0.382 e. The summed E-state index contributed by atoms with van der Waals surface area (Å²) in [5.41, 5.74) is 0.155. The average molecular weight is 330 g/mol. The average Bonchev–Trinajstić information content (AvgIpc) is 2.81. The number of carbonyl (C=O) groups is 2. The van der Waals surface area contributed by atoms with Gasteiger partial charge in [0.1, 0.15) is 5.60 Å². The van der Waals surface area contributed by atoms with Crippen molar-refractivity contribution >= 4 is 11.6 Å². The molecule has 0 aromatic carbocycles. The molecule has 0 bridgehead atoms. The second-order valence-corrected chi connectivity index (χ2v) is 9.38. The van der Waals surface area contributed by atoms with Gasteiger partial charge in [0.15, 0.2) is 11.6 Å². The van der Waals surface area contributed by atoms with E-state index in [0.717, 1.165) is 38.5 Å². The van der Waals surface area contributed by atoms with E-state index in [9.17, 15) is 14.7 Å². The molecule has 0 aromatic heterocycles. The van der Waals surface area contributed by atoms with Crippen LogP contribution < -0.4 is 0 Å². The molecular weight excluding hydrogens is 300 g/mol. The lowest BCUT2D eigenvalue weighted by molar-refractivity contribution is -0.160. The summed E-state index contributed by atoms with van der Waals surface area (Å²) in [4.78, 5) is 24.1. The van der Waals surface area contributed by atoms with Crippen LogP contribution in [0.2, 0.25) is 0 Å². The number of carbonyl (C=O) groups excluding carboxylic acids is 2. The monoisotopic (exact) mass is 330 g/mol. The van der Waals surface area contributed by atoms with Crippen molar-refractivity contribution in [1.82, 2.24) is 0 Å². The SMILES string of the molecule is CC(=O)C1(O)CCC2C3CCC4=CC(=O)CCC4(C)C3CC[C@@]21C. The number of ketones is 2. The Morgan fingerprint density at radius 1 is 1.08 bits per heavy atom. The van der Waals surface area contributed by atoms with Crippen molar-refractivity contribution in [2.75, 3.05) is 0 Å². The van der Waals surface area contributed by atoms with E-state index in [0.29, 0.717) is 36.4 Å². The number of fused-ring (bicyclic) bond motifs is 5. The van der Waals surface area contributed by atoms with Crippen LogP contribution in [-0.4, -0.2) is 22.3 Å². The predicted octanol–water partition coefficient (Wildman–Crippen LogP) is 3.84. The highest BCUT2D eigenvalue weighted by atomic mass is 16.3. The Hall–Kier alpha value is -0.960. The van der Waals surface area contributed by atoms with Gasteiger partial charge >= 0.3 is 0 Å². The molecule has 3 fully saturated rings. The van der Waals surface area contributed by atoms with E-state index in [2.05, 4.69) is 13.8 Å². The summed E-state index contributed by atoms with van der Waals surface area (Å²) >= 11 is 0. The number of hydrogen-bond donors (Lipinski definition) is 1. The number of Topliss-reactive ketones (excluding diaryl/α,β-unsaturated/α-hetero) is 1. The van der Waals surface area contributed by atoms with E-state index in [1.807, 2.05) is 6.08 Å². The molecule has 132 valence electrons. The summed E-state index contributed by atoms with van der Waals surface area (Å²) in [7, 11) is 0. The molecule has 0 heterocycles. The van der Waals surface area contributed by atoms with Gasteiger partial charge in [-0.15, -0.1) is 0 Å². The number of allylic oxidation sites excluding steroid dienone is 1. The molecule has 24 heavy (non-hydrogen) atoms. The lowest BCUT2D eigenvalue weighted by Crippen LogP contribution is -2.57. The number of rotatable bonds is 1. The van der Waals surface area contributed by atoms with Gasteiger partial charge < -0.3 is 5.11 Å². The van der Waals surface area contributed by atoms with E-state index in [1.54, 1.807) is 6.92 Å². The van der Waals surface area contributed by atoms with Crippen molar-refractivity contribution in [3.05, 3.63) is 11.6 Å². The highest BCUT2D eigenvalue weighted by Crippen LogP contribution is 2.67. The molecule has 0 saturated heterocycles. The first-order valence-electron chi connectivity index (χ1n) is 9.70. The van der Waals surface area contributed by atoms with E-state index < -0.39 is 5.60 Å². The summed E-state index contributed by atoms with van der Waals surface area (Å²) in [5, 5.41) is 11.1. The quantitative estimate of drug-likeness (QED) is 0.795. The maximum absolute atomic E-state index is 12.2. The fraction of sp³-hybridized carbons (Fsp3) is 0.810. The zero-order valence-corrected chi connectivity index (χ0v) is 15.2. The molecule has 3 heteroatoms. The highest BCUT2D eigenvalue weighted by molar-refractivity contribution is 5.91. The van der Waals surface area contributed by atoms with Crippen LogP contribution in [-0.2, 0) is 9.59 Å². The fourth-order valence-electron chi connectivity index (χ4n) is 7.15. The van der Waals surface area contributed by atoms with Gasteiger partial charge in [0, 0.05) is 11.8 Å². The Morgan fingerprint density at radius 3 is 2.50 bits per heavy atom. The Balaban J connectivity index is 1.70. The Kier molecular flexibility index (Phi) is 3.46. The molecular formula is C21H30O3. The minimum atomic E-state index is -1.12. The molecule has 6 atom stereocenters. The van der Waals surface area contributed by atoms with Gasteiger partial charge in [0.05, 0.1) is 0 Å². The van der Waals surface area contributed by atoms with Gasteiger partial charge in [0.25, 0.3) is 0 Å². The molecule has 4 rings (SSSR count). The van der Waals surface area contributed by atoms with Crippen LogP contribution in [0.15, 0.2) is 11.6 Å². The summed E-state index contributed by atoms with van der Waals surface area (Å²) in [6.45, 7) is 6.10. The molecule has 3 saturated carbocycles. The van der Waals surface area contributed by atoms with E-state index >= 15 is 0 Å². The highest BCUT2D eigenvalue weighted by Gasteiger charge is 2.65. The van der Waals surface area contributed by atoms with Crippen molar-refractivity contribution in [3.63, 3.8) is 0 Å². The maximum Gasteiger partial charge on any atom is 0.161 e. The third-order valence-electron chi connectivity index (χ3n) is 8.70. The van der Waals surface area contributed by atoms with Crippen LogP contribution >= 0.6 is 0 Å². The third-order valence-corrected chi connectivity index (χ3v) is 8.70. The first-order chi connectivity index (χ1) is 11.2. The third kappa shape index (κ3) is 1.88. The van der Waals surface area contributed by atoms with E-state index in [-0.39, 0.29) is 16.6 Å². The second kappa shape index (κ2) is 5.03. The van der Waals surface area contributed by atoms with Crippen LogP contribution in [0.1, 0.15) is 72.1 Å². The predicted molar refractivity (Wildman–Crippen MR) is 92.3 cm³/mol. The fourth-order valence-corrected chi connectivity index (χ4v) is 7.15. The molecule has 0 amide bonds. The Labute approximate surface area is 144 Å². The minimum absolute atomic E-state index is 0.0446. The van der Waals surface area contributed by atoms with Gasteiger partial charge in [-0.1, -0.05) is 19.4 Å². The Morgan fingerprint density at radius 2 is 1.79 bits per heavy atom. The van der Waals surface area contributed by atoms with Crippen LogP contribution in [0.5, 0.6) is 0 Å². The molecule has 4 aliphatic carbocycles. The Bertz CT molecular complexity index is 635. The van der Waals surface area contributed by atoms with Crippen LogP contribution in [0.4, 0.5) is 0 Å². The molecule has 1 N–H and O–H groups in total. The largest absolute Gasteiger partial charge is 0.382 e. The van der Waals surface area contributed by atoms with Gasteiger partial charge in [-0.05, 0) is 81.1 Å². The first-order valence-corrected chi connectivity index (χ1v) is 9.70. The standard InChI is InChI=1S/C21H30O3/c1-13(22)21(24)11-8-18-16-5-4-14-12-15(23)6-9-19(14,2)17(16)7-10-20(18,21)3/h12,16-18,24H,4-11H2,1-3H3/t16?,17?,18?,19?,20-,21?/m0/s1. The van der Waals surface area contributed by atoms with E-state index in [1.165, 1.54) is 5.57 Å². The van der Waals surface area contributed by atoms with Gasteiger partial charge in [0.2, 0.25) is 0 Å². The van der Waals surface area contributed by atoms with Gasteiger partial charge in [-0.25, -0.2) is 0 Å². The molecule has 0 aromatic rings. The van der Waals surface area contributed by atoms with Gasteiger partial charge in [-0.2, -0.15) is 0 Å². The second-order valence-electron chi connectivity index (χ2n) is 9.38. The van der Waals surface area contributed by atoms with Crippen molar-refractivity contribution in [2.45, 2.75) is 77.7 Å². The smallest absolute Gasteiger partial charge is 0.161 e. The molecule has 0 aliphatic heterocycles. The zero-order valence-electron chi connectivity index (χ0n) is 15.2. The molecule has 0 spiro atoms. The maximum atomic E-state index is 12.2. The number of hydrogen-bond acceptors (Lipinski definition) is 3. The van der Waals surface area contributed by atoms with Crippen LogP contribution in [0.3, 0.4) is 0 Å². The normalized spacial score (nSPS) is 50.6. The summed E-state index contributed by atoms with van der Waals surface area (Å²) in [6, 6.07) is 0. The van der Waals surface area contributed by atoms with Crippen molar-refractivity contribution in [1.29, 1.82) is 0 Å². The van der Waals surface area contributed by atoms with Crippen molar-refractivity contribution in [3.8, 4) is 0 Å². The first kappa shape index (κ1) is 16.5. The number of aliphatic hydroxyl groups is 1. The summed E-state index contributed by atoms with van der Waals surface area (Å²) in [5.74, 6) is 1.90. The van der Waals surface area contributed by atoms with Gasteiger partial charge in [-0.3, -0.25) is 9.59 Å². The lowest BCUT2D eigenvalue weighted by Gasteiger charge is -2.58. The summed E-state index contributed by atoms with van der Waals surface area (Å²) in [6.07, 6.45) is 9.37. The molecule has 5 unspecified atom stereocenters. The van der Waals surface area contributed by atoms with Crippen LogP contribution in [0.25, 0.3) is 0 Å². The van der Waals surface area contributed by atoms with Crippen molar-refractivity contribution in [2.24, 2.45) is 28.6 Å². The summed E-state index contributed by atoms with van der Waals surface area (Å²) < 4.78 is 0. The lowest BCUT2D eigenvalue weighted by atomic mass is 9.46. The topological polar surface area (TPSA) is 54.4 Å². The molecule has 0 radical (unpaired) electrons. The molecule has 3 nitrogen and oxygen atoms in total.